The second kappa shape index (κ2) is 4.61. The third-order valence-corrected chi connectivity index (χ3v) is 1.36. The van der Waals surface area contributed by atoms with Crippen molar-refractivity contribution in [1.29, 1.82) is 0 Å². The molecule has 5 heteroatoms. The van der Waals surface area contributed by atoms with Gasteiger partial charge >= 0.3 is 11.9 Å². The number of hydrogen-bond donors (Lipinski definition) is 2. The highest BCUT2D eigenvalue weighted by Crippen LogP contribution is 2.04. The van der Waals surface area contributed by atoms with Crippen molar-refractivity contribution in [2.24, 2.45) is 0 Å². The van der Waals surface area contributed by atoms with Gasteiger partial charge < -0.3 is 10.2 Å². The van der Waals surface area contributed by atoms with Gasteiger partial charge in [-0.3, -0.25) is 0 Å². The number of carboxylic acid groups (broad SMARTS) is 2. The summed E-state index contributed by atoms with van der Waals surface area (Å²) >= 11 is 0. The molecular formula is C8H7BrO4. The number of aromatic carboxylic acids is 2. The predicted molar refractivity (Wildman–Crippen MR) is 50.7 cm³/mol. The first kappa shape index (κ1) is 11.6. The molecular weight excluding hydrogens is 240 g/mol. The molecule has 1 aromatic carbocycles. The minimum atomic E-state index is -1.13. The van der Waals surface area contributed by atoms with E-state index in [2.05, 4.69) is 0 Å². The molecule has 0 aliphatic rings. The summed E-state index contributed by atoms with van der Waals surface area (Å²) in [4.78, 5) is 20.8. The Labute approximate surface area is 84.6 Å². The van der Waals surface area contributed by atoms with Crippen LogP contribution in [0, 0.1) is 0 Å². The van der Waals surface area contributed by atoms with E-state index in [4.69, 9.17) is 10.2 Å². The third kappa shape index (κ3) is 2.87. The van der Waals surface area contributed by atoms with Gasteiger partial charge in [0.25, 0.3) is 0 Å². The van der Waals surface area contributed by atoms with Gasteiger partial charge in [-0.2, -0.15) is 0 Å². The summed E-state index contributed by atoms with van der Waals surface area (Å²) in [5, 5.41) is 17.0. The average molecular weight is 247 g/mol. The van der Waals surface area contributed by atoms with Crippen molar-refractivity contribution in [3.8, 4) is 0 Å². The standard InChI is InChI=1S/C8H6O4.BrH/c9-7(10)5-2-1-3-6(4-5)8(11)12;/h1-4H,(H,9,10)(H,11,12);1H. The molecule has 1 rings (SSSR count). The lowest BCUT2D eigenvalue weighted by molar-refractivity contribution is 0.0696. The summed E-state index contributed by atoms with van der Waals surface area (Å²) in [5.74, 6) is -2.25. The first-order valence-corrected chi connectivity index (χ1v) is 3.18. The van der Waals surface area contributed by atoms with Crippen LogP contribution >= 0.6 is 17.0 Å². The summed E-state index contributed by atoms with van der Waals surface area (Å²) in [5.41, 5.74) is -0.0372. The molecule has 0 radical (unpaired) electrons. The van der Waals surface area contributed by atoms with Gasteiger partial charge in [0, 0.05) is 0 Å². The van der Waals surface area contributed by atoms with Crippen LogP contribution < -0.4 is 0 Å². The van der Waals surface area contributed by atoms with Crippen molar-refractivity contribution < 1.29 is 19.8 Å². The van der Waals surface area contributed by atoms with E-state index in [1.54, 1.807) is 0 Å². The molecule has 0 aromatic heterocycles. The van der Waals surface area contributed by atoms with Gasteiger partial charge in [0.05, 0.1) is 11.1 Å². The molecule has 2 N–H and O–H groups in total. The predicted octanol–water partition coefficient (Wildman–Crippen LogP) is 1.66. The van der Waals surface area contributed by atoms with Crippen LogP contribution in [0.15, 0.2) is 24.3 Å². The van der Waals surface area contributed by atoms with Gasteiger partial charge in [-0.1, -0.05) is 6.07 Å². The number of rotatable bonds is 2. The molecule has 0 unspecified atom stereocenters. The van der Waals surface area contributed by atoms with Crippen LogP contribution in [0.4, 0.5) is 0 Å². The Bertz CT molecular complexity index is 305. The molecule has 0 saturated carbocycles. The lowest BCUT2D eigenvalue weighted by Gasteiger charge is -1.95. The molecule has 0 saturated heterocycles. The number of carboxylic acids is 2. The zero-order valence-corrected chi connectivity index (χ0v) is 8.14. The normalized spacial score (nSPS) is 8.62. The number of halogens is 1. The highest BCUT2D eigenvalue weighted by Gasteiger charge is 2.06. The van der Waals surface area contributed by atoms with Gasteiger partial charge in [0.15, 0.2) is 0 Å². The van der Waals surface area contributed by atoms with Crippen LogP contribution in [0.2, 0.25) is 0 Å². The first-order valence-electron chi connectivity index (χ1n) is 3.18. The van der Waals surface area contributed by atoms with Crippen molar-refractivity contribution in [2.75, 3.05) is 0 Å². The van der Waals surface area contributed by atoms with Crippen molar-refractivity contribution >= 4 is 28.9 Å². The van der Waals surface area contributed by atoms with Crippen LogP contribution in [0.1, 0.15) is 20.7 Å². The zero-order chi connectivity index (χ0) is 9.14. The van der Waals surface area contributed by atoms with Gasteiger partial charge in [-0.25, -0.2) is 9.59 Å². The van der Waals surface area contributed by atoms with E-state index in [9.17, 15) is 9.59 Å². The smallest absolute Gasteiger partial charge is 0.335 e. The summed E-state index contributed by atoms with van der Waals surface area (Å²) in [6, 6.07) is 5.20. The van der Waals surface area contributed by atoms with E-state index < -0.39 is 11.9 Å². The van der Waals surface area contributed by atoms with E-state index in [1.807, 2.05) is 0 Å². The van der Waals surface area contributed by atoms with E-state index >= 15 is 0 Å². The molecule has 70 valence electrons. The van der Waals surface area contributed by atoms with Crippen molar-refractivity contribution in [3.05, 3.63) is 35.4 Å². The molecule has 0 fully saturated rings. The molecule has 0 bridgehead atoms. The first-order chi connectivity index (χ1) is 5.61. The fourth-order valence-electron chi connectivity index (χ4n) is 0.785. The molecule has 13 heavy (non-hydrogen) atoms. The maximum absolute atomic E-state index is 10.4. The Hall–Kier alpha value is -1.36. The minimum Gasteiger partial charge on any atom is -0.478 e. The Morgan fingerprint density at radius 2 is 1.38 bits per heavy atom. The van der Waals surface area contributed by atoms with Gasteiger partial charge in [0.1, 0.15) is 0 Å². The average Bonchev–Trinajstić information content (AvgIpc) is 2.04. The number of benzene rings is 1. The Morgan fingerprint density at radius 3 is 1.69 bits per heavy atom. The molecule has 0 amide bonds. The zero-order valence-electron chi connectivity index (χ0n) is 6.43. The van der Waals surface area contributed by atoms with Crippen LogP contribution in [0.25, 0.3) is 0 Å². The van der Waals surface area contributed by atoms with Crippen LogP contribution in [0.5, 0.6) is 0 Å². The summed E-state index contributed by atoms with van der Waals surface area (Å²) < 4.78 is 0. The lowest BCUT2D eigenvalue weighted by Crippen LogP contribution is -2.01. The van der Waals surface area contributed by atoms with E-state index in [0.717, 1.165) is 6.07 Å². The molecule has 4 nitrogen and oxygen atoms in total. The lowest BCUT2D eigenvalue weighted by atomic mass is 10.1. The Balaban J connectivity index is 0.00000144. The van der Waals surface area contributed by atoms with E-state index in [-0.39, 0.29) is 28.1 Å². The van der Waals surface area contributed by atoms with Crippen LogP contribution in [0.3, 0.4) is 0 Å². The minimum absolute atomic E-state index is 0. The molecule has 0 aliphatic carbocycles. The quantitative estimate of drug-likeness (QED) is 0.833. The number of hydrogen-bond acceptors (Lipinski definition) is 2. The summed E-state index contributed by atoms with van der Waals surface area (Å²) in [6.07, 6.45) is 0. The molecule has 0 spiro atoms. The van der Waals surface area contributed by atoms with Crippen molar-refractivity contribution in [3.63, 3.8) is 0 Å². The van der Waals surface area contributed by atoms with Crippen molar-refractivity contribution in [2.45, 2.75) is 0 Å². The monoisotopic (exact) mass is 246 g/mol. The number of carbonyl (C=O) groups is 2. The molecule has 0 aliphatic heterocycles. The van der Waals surface area contributed by atoms with Gasteiger partial charge in [-0.05, 0) is 18.2 Å². The van der Waals surface area contributed by atoms with Gasteiger partial charge in [0.2, 0.25) is 0 Å². The maximum atomic E-state index is 10.4. The largest absolute Gasteiger partial charge is 0.478 e. The Kier molecular flexibility index (Phi) is 4.13. The summed E-state index contributed by atoms with van der Waals surface area (Å²) in [6.45, 7) is 0. The Morgan fingerprint density at radius 1 is 1.00 bits per heavy atom. The van der Waals surface area contributed by atoms with Crippen molar-refractivity contribution in [1.82, 2.24) is 0 Å². The van der Waals surface area contributed by atoms with Crippen LogP contribution in [-0.4, -0.2) is 22.2 Å². The SMILES string of the molecule is Br.O=C(O)c1cccc(C(=O)O)c1. The van der Waals surface area contributed by atoms with E-state index in [0.29, 0.717) is 0 Å². The fraction of sp³-hybridized carbons (Fsp3) is 0. The second-order valence-electron chi connectivity index (χ2n) is 2.19. The van der Waals surface area contributed by atoms with Gasteiger partial charge in [-0.15, -0.1) is 17.0 Å². The topological polar surface area (TPSA) is 74.6 Å². The molecule has 0 atom stereocenters. The fourth-order valence-corrected chi connectivity index (χ4v) is 0.785. The van der Waals surface area contributed by atoms with E-state index in [1.165, 1.54) is 18.2 Å². The highest BCUT2D eigenvalue weighted by atomic mass is 79.9. The maximum Gasteiger partial charge on any atom is 0.335 e. The molecule has 1 aromatic rings. The third-order valence-electron chi connectivity index (χ3n) is 1.36. The van der Waals surface area contributed by atoms with Crippen LogP contribution in [-0.2, 0) is 0 Å². The second-order valence-corrected chi connectivity index (χ2v) is 2.19. The summed E-state index contributed by atoms with van der Waals surface area (Å²) in [7, 11) is 0. The molecule has 0 heterocycles. The highest BCUT2D eigenvalue weighted by molar-refractivity contribution is 8.93.